The van der Waals surface area contributed by atoms with Crippen molar-refractivity contribution in [2.75, 3.05) is 23.8 Å². The summed E-state index contributed by atoms with van der Waals surface area (Å²) in [6.07, 6.45) is 0. The number of amides is 1. The van der Waals surface area contributed by atoms with Gasteiger partial charge in [0.05, 0.1) is 0 Å². The van der Waals surface area contributed by atoms with Gasteiger partial charge in [-0.3, -0.25) is 4.79 Å². The Morgan fingerprint density at radius 2 is 1.82 bits per heavy atom. The zero-order valence-electron chi connectivity index (χ0n) is 14.8. The second kappa shape index (κ2) is 8.14. The molecule has 0 fully saturated rings. The number of anilines is 2. The molecule has 7 nitrogen and oxygen atoms in total. The fourth-order valence-corrected chi connectivity index (χ4v) is 2.89. The van der Waals surface area contributed by atoms with E-state index >= 15 is 0 Å². The molecule has 2 N–H and O–H groups in total. The first-order chi connectivity index (χ1) is 13.7. The molecular formula is C20H17ClN4O3. The summed E-state index contributed by atoms with van der Waals surface area (Å²) < 4.78 is 11.0. The molecule has 0 aliphatic carbocycles. The van der Waals surface area contributed by atoms with Crippen molar-refractivity contribution in [3.63, 3.8) is 0 Å². The van der Waals surface area contributed by atoms with E-state index in [4.69, 9.17) is 21.1 Å². The number of halogens is 1. The van der Waals surface area contributed by atoms with E-state index in [1.807, 2.05) is 24.3 Å². The molecule has 4 rings (SSSR count). The summed E-state index contributed by atoms with van der Waals surface area (Å²) in [5.74, 6) is 1.46. The van der Waals surface area contributed by atoms with Gasteiger partial charge < -0.3 is 20.1 Å². The zero-order valence-corrected chi connectivity index (χ0v) is 15.6. The number of fused-ring (bicyclic) bond motifs is 1. The van der Waals surface area contributed by atoms with Crippen LogP contribution in [0.25, 0.3) is 0 Å². The maximum Gasteiger partial charge on any atom is 0.276 e. The number of hydrogen-bond acceptors (Lipinski definition) is 6. The number of aromatic nitrogens is 2. The Balaban J connectivity index is 1.38. The molecule has 8 heteroatoms. The van der Waals surface area contributed by atoms with E-state index in [2.05, 4.69) is 20.8 Å². The predicted octanol–water partition coefficient (Wildman–Crippen LogP) is 3.77. The van der Waals surface area contributed by atoms with Crippen LogP contribution in [0, 0.1) is 0 Å². The Kier molecular flexibility index (Phi) is 5.25. The molecule has 2 aromatic carbocycles. The lowest BCUT2D eigenvalue weighted by molar-refractivity contribution is 0.102. The summed E-state index contributed by atoms with van der Waals surface area (Å²) in [5.41, 5.74) is 1.75. The molecule has 0 radical (unpaired) electrons. The van der Waals surface area contributed by atoms with Crippen molar-refractivity contribution in [2.24, 2.45) is 0 Å². The van der Waals surface area contributed by atoms with Crippen LogP contribution in [0.1, 0.15) is 16.1 Å². The number of hydrogen-bond donors (Lipinski definition) is 2. The highest BCUT2D eigenvalue weighted by atomic mass is 35.5. The van der Waals surface area contributed by atoms with E-state index in [0.717, 1.165) is 5.56 Å². The van der Waals surface area contributed by atoms with E-state index in [0.29, 0.717) is 47.8 Å². The summed E-state index contributed by atoms with van der Waals surface area (Å²) in [7, 11) is 0. The fourth-order valence-electron chi connectivity index (χ4n) is 2.69. The van der Waals surface area contributed by atoms with Gasteiger partial charge in [0, 0.05) is 23.3 Å². The molecule has 0 unspecified atom stereocenters. The fraction of sp³-hybridized carbons (Fsp3) is 0.150. The number of carbonyl (C=O) groups excluding carboxylic acids is 1. The maximum atomic E-state index is 12.4. The highest BCUT2D eigenvalue weighted by Crippen LogP contribution is 2.32. The van der Waals surface area contributed by atoms with Crippen LogP contribution in [0.2, 0.25) is 5.02 Å². The Morgan fingerprint density at radius 3 is 2.61 bits per heavy atom. The molecule has 1 amide bonds. The highest BCUT2D eigenvalue weighted by molar-refractivity contribution is 6.31. The van der Waals surface area contributed by atoms with Gasteiger partial charge in [0.15, 0.2) is 17.2 Å². The third-order valence-electron chi connectivity index (χ3n) is 4.12. The average Bonchev–Trinajstić information content (AvgIpc) is 2.73. The first-order valence-electron chi connectivity index (χ1n) is 8.71. The van der Waals surface area contributed by atoms with Gasteiger partial charge in [0.2, 0.25) is 0 Å². The largest absolute Gasteiger partial charge is 0.486 e. The van der Waals surface area contributed by atoms with E-state index in [9.17, 15) is 4.79 Å². The smallest absolute Gasteiger partial charge is 0.276 e. The van der Waals surface area contributed by atoms with Crippen LogP contribution in [0.5, 0.6) is 11.5 Å². The van der Waals surface area contributed by atoms with Crippen LogP contribution in [0.4, 0.5) is 11.5 Å². The Labute approximate surface area is 166 Å². The van der Waals surface area contributed by atoms with Crippen molar-refractivity contribution in [3.05, 3.63) is 70.9 Å². The van der Waals surface area contributed by atoms with Gasteiger partial charge in [0.25, 0.3) is 5.91 Å². The third-order valence-corrected chi connectivity index (χ3v) is 4.48. The standard InChI is InChI=1S/C20H17ClN4O3/c21-15-4-2-1-3-13(15)12-22-19-8-6-16(24-25-19)20(26)23-14-5-7-17-18(11-14)28-10-9-27-17/h1-8,11H,9-10,12H2,(H,22,25)(H,23,26). The minimum Gasteiger partial charge on any atom is -0.486 e. The van der Waals surface area contributed by atoms with Crippen LogP contribution in [0.15, 0.2) is 54.6 Å². The number of nitrogens with one attached hydrogen (secondary N) is 2. The quantitative estimate of drug-likeness (QED) is 0.683. The molecular weight excluding hydrogens is 380 g/mol. The van der Waals surface area contributed by atoms with Crippen LogP contribution in [0.3, 0.4) is 0 Å². The summed E-state index contributed by atoms with van der Waals surface area (Å²) in [6.45, 7) is 1.51. The minimum atomic E-state index is -0.359. The maximum absolute atomic E-state index is 12.4. The van der Waals surface area contributed by atoms with Crippen molar-refractivity contribution >= 4 is 29.0 Å². The van der Waals surface area contributed by atoms with Crippen molar-refractivity contribution in [2.45, 2.75) is 6.54 Å². The van der Waals surface area contributed by atoms with E-state index < -0.39 is 0 Å². The van der Waals surface area contributed by atoms with Crippen molar-refractivity contribution in [1.29, 1.82) is 0 Å². The van der Waals surface area contributed by atoms with E-state index in [-0.39, 0.29) is 11.6 Å². The second-order valence-corrected chi connectivity index (χ2v) is 6.47. The third kappa shape index (κ3) is 4.15. The Hall–Kier alpha value is -3.32. The Bertz CT molecular complexity index is 995. The molecule has 142 valence electrons. The van der Waals surface area contributed by atoms with Gasteiger partial charge in [-0.2, -0.15) is 0 Å². The first-order valence-corrected chi connectivity index (χ1v) is 9.09. The van der Waals surface area contributed by atoms with Crippen LogP contribution < -0.4 is 20.1 Å². The van der Waals surface area contributed by atoms with Gasteiger partial charge >= 0.3 is 0 Å². The lowest BCUT2D eigenvalue weighted by atomic mass is 10.2. The minimum absolute atomic E-state index is 0.207. The van der Waals surface area contributed by atoms with Crippen LogP contribution >= 0.6 is 11.6 Å². The molecule has 0 saturated heterocycles. The molecule has 0 atom stereocenters. The second-order valence-electron chi connectivity index (χ2n) is 6.06. The van der Waals surface area contributed by atoms with E-state index in [1.54, 1.807) is 30.3 Å². The monoisotopic (exact) mass is 396 g/mol. The molecule has 0 bridgehead atoms. The van der Waals surface area contributed by atoms with E-state index in [1.165, 1.54) is 0 Å². The topological polar surface area (TPSA) is 85.4 Å². The van der Waals surface area contributed by atoms with Gasteiger partial charge in [-0.15, -0.1) is 10.2 Å². The number of nitrogens with zero attached hydrogens (tertiary/aromatic N) is 2. The lowest BCUT2D eigenvalue weighted by Gasteiger charge is -2.18. The summed E-state index contributed by atoms with van der Waals surface area (Å²) in [6, 6.07) is 16.1. The average molecular weight is 397 g/mol. The van der Waals surface area contributed by atoms with Crippen LogP contribution in [-0.4, -0.2) is 29.3 Å². The molecule has 1 aliphatic heterocycles. The SMILES string of the molecule is O=C(Nc1ccc2c(c1)OCCO2)c1ccc(NCc2ccccc2Cl)nn1. The lowest BCUT2D eigenvalue weighted by Crippen LogP contribution is -2.17. The highest BCUT2D eigenvalue weighted by Gasteiger charge is 2.14. The van der Waals surface area contributed by atoms with Crippen molar-refractivity contribution in [3.8, 4) is 11.5 Å². The number of ether oxygens (including phenoxy) is 2. The van der Waals surface area contributed by atoms with Crippen molar-refractivity contribution in [1.82, 2.24) is 10.2 Å². The number of benzene rings is 2. The molecule has 3 aromatic rings. The van der Waals surface area contributed by atoms with Crippen LogP contribution in [-0.2, 0) is 6.54 Å². The molecule has 0 saturated carbocycles. The summed E-state index contributed by atoms with van der Waals surface area (Å²) >= 11 is 6.13. The number of rotatable bonds is 5. The summed E-state index contributed by atoms with van der Waals surface area (Å²) in [5, 5.41) is 14.6. The molecule has 0 spiro atoms. The van der Waals surface area contributed by atoms with Gasteiger partial charge in [-0.25, -0.2) is 0 Å². The van der Waals surface area contributed by atoms with Gasteiger partial charge in [0.1, 0.15) is 19.0 Å². The first kappa shape index (κ1) is 18.1. The van der Waals surface area contributed by atoms with Gasteiger partial charge in [-0.05, 0) is 35.9 Å². The van der Waals surface area contributed by atoms with Crippen molar-refractivity contribution < 1.29 is 14.3 Å². The molecule has 1 aliphatic rings. The summed E-state index contributed by atoms with van der Waals surface area (Å²) in [4.78, 5) is 12.4. The molecule has 2 heterocycles. The normalized spacial score (nSPS) is 12.3. The predicted molar refractivity (Wildman–Crippen MR) is 106 cm³/mol. The Morgan fingerprint density at radius 1 is 1.00 bits per heavy atom. The zero-order chi connectivity index (χ0) is 19.3. The number of carbonyl (C=O) groups is 1. The molecule has 1 aromatic heterocycles. The van der Waals surface area contributed by atoms with Gasteiger partial charge in [-0.1, -0.05) is 29.8 Å². The molecule has 28 heavy (non-hydrogen) atoms.